The van der Waals surface area contributed by atoms with Crippen molar-refractivity contribution in [3.63, 3.8) is 0 Å². The molecule has 1 heterocycles. The number of thiazole rings is 1. The first-order valence-electron chi connectivity index (χ1n) is 7.62. The van der Waals surface area contributed by atoms with E-state index < -0.39 is 17.8 Å². The highest BCUT2D eigenvalue weighted by molar-refractivity contribution is 7.22. The van der Waals surface area contributed by atoms with Crippen LogP contribution in [0.4, 0.5) is 5.13 Å². The Bertz CT molecular complexity index is 841. The van der Waals surface area contributed by atoms with E-state index >= 15 is 0 Å². The summed E-state index contributed by atoms with van der Waals surface area (Å²) in [5, 5.41) is 12.8. The summed E-state index contributed by atoms with van der Waals surface area (Å²) in [6, 6.07) is 5.94. The van der Waals surface area contributed by atoms with Crippen molar-refractivity contribution in [2.24, 2.45) is 23.7 Å². The second-order valence-electron chi connectivity index (χ2n) is 6.32. The van der Waals surface area contributed by atoms with Crippen LogP contribution in [0, 0.1) is 30.6 Å². The summed E-state index contributed by atoms with van der Waals surface area (Å²) in [6.07, 6.45) is 4.68. The van der Waals surface area contributed by atoms with Gasteiger partial charge in [-0.1, -0.05) is 29.6 Å². The van der Waals surface area contributed by atoms with Crippen molar-refractivity contribution in [1.82, 2.24) is 4.98 Å². The Morgan fingerprint density at radius 3 is 2.74 bits per heavy atom. The highest BCUT2D eigenvalue weighted by Gasteiger charge is 2.51. The zero-order valence-corrected chi connectivity index (χ0v) is 13.3. The van der Waals surface area contributed by atoms with E-state index in [4.69, 9.17) is 0 Å². The van der Waals surface area contributed by atoms with E-state index in [1.165, 1.54) is 11.3 Å². The quantitative estimate of drug-likeness (QED) is 0.849. The van der Waals surface area contributed by atoms with Crippen molar-refractivity contribution in [1.29, 1.82) is 0 Å². The van der Waals surface area contributed by atoms with Gasteiger partial charge in [0.15, 0.2) is 5.13 Å². The monoisotopic (exact) mass is 328 g/mol. The fourth-order valence-electron chi connectivity index (χ4n) is 3.79. The number of amides is 1. The number of anilines is 1. The van der Waals surface area contributed by atoms with E-state index in [9.17, 15) is 14.7 Å². The van der Waals surface area contributed by atoms with Crippen molar-refractivity contribution in [2.75, 3.05) is 5.32 Å². The van der Waals surface area contributed by atoms with Crippen LogP contribution in [-0.4, -0.2) is 22.0 Å². The Morgan fingerprint density at radius 1 is 1.26 bits per heavy atom. The van der Waals surface area contributed by atoms with Gasteiger partial charge in [0.25, 0.3) is 0 Å². The number of carbonyl (C=O) groups excluding carboxylic acids is 1. The van der Waals surface area contributed by atoms with Crippen LogP contribution in [0.5, 0.6) is 0 Å². The third-order valence-electron chi connectivity index (χ3n) is 4.82. The number of aliphatic carboxylic acids is 1. The normalized spacial score (nSPS) is 28.4. The van der Waals surface area contributed by atoms with Gasteiger partial charge in [-0.25, -0.2) is 4.98 Å². The Labute approximate surface area is 137 Å². The second kappa shape index (κ2) is 5.16. The summed E-state index contributed by atoms with van der Waals surface area (Å²) in [4.78, 5) is 28.6. The molecule has 5 nitrogen and oxygen atoms in total. The van der Waals surface area contributed by atoms with Gasteiger partial charge in [0.1, 0.15) is 0 Å². The maximum Gasteiger partial charge on any atom is 0.307 e. The van der Waals surface area contributed by atoms with Gasteiger partial charge in [-0.05, 0) is 42.9 Å². The average Bonchev–Trinajstić information content (AvgIpc) is 3.18. The standard InChI is InChI=1S/C17H16N2O3S/c1-8-2-5-11-12(6-8)23-17(18-11)19-15(20)13-9-3-4-10(7-9)14(13)16(21)22/h2-6,9-10,13-14H,7H2,1H3,(H,21,22)(H,18,19,20)/t9-,10+,13+,14+/m1/s1. The molecule has 2 aromatic rings. The number of carbonyl (C=O) groups is 2. The summed E-state index contributed by atoms with van der Waals surface area (Å²) in [5.74, 6) is -2.24. The lowest BCUT2D eigenvalue weighted by Gasteiger charge is -2.23. The molecule has 0 unspecified atom stereocenters. The molecular weight excluding hydrogens is 312 g/mol. The van der Waals surface area contributed by atoms with E-state index in [1.807, 2.05) is 37.3 Å². The number of rotatable bonds is 3. The fourth-order valence-corrected chi connectivity index (χ4v) is 4.76. The van der Waals surface area contributed by atoms with Crippen molar-refractivity contribution in [3.8, 4) is 0 Å². The molecule has 23 heavy (non-hydrogen) atoms. The Hall–Kier alpha value is -2.21. The van der Waals surface area contributed by atoms with E-state index in [0.717, 1.165) is 22.2 Å². The van der Waals surface area contributed by atoms with Crippen LogP contribution in [0.1, 0.15) is 12.0 Å². The molecule has 2 N–H and O–H groups in total. The van der Waals surface area contributed by atoms with Gasteiger partial charge >= 0.3 is 5.97 Å². The second-order valence-corrected chi connectivity index (χ2v) is 7.35. The molecule has 0 saturated heterocycles. The topological polar surface area (TPSA) is 79.3 Å². The molecule has 4 atom stereocenters. The number of carboxylic acids is 1. The van der Waals surface area contributed by atoms with Gasteiger partial charge in [-0.3, -0.25) is 9.59 Å². The zero-order chi connectivity index (χ0) is 16.1. The lowest BCUT2D eigenvalue weighted by molar-refractivity contribution is -0.146. The minimum atomic E-state index is -0.887. The SMILES string of the molecule is Cc1ccc2nc(NC(=O)[C@@H]3[C@@H](C(=O)O)[C@H]4C=C[C@@H]3C4)sc2c1. The molecule has 1 saturated carbocycles. The number of aryl methyl sites for hydroxylation is 1. The van der Waals surface area contributed by atoms with Crippen LogP contribution in [0.25, 0.3) is 10.2 Å². The van der Waals surface area contributed by atoms with Gasteiger partial charge in [-0.15, -0.1) is 0 Å². The summed E-state index contributed by atoms with van der Waals surface area (Å²) < 4.78 is 1.02. The third kappa shape index (κ3) is 2.34. The molecule has 0 aliphatic heterocycles. The molecule has 1 aromatic heterocycles. The smallest absolute Gasteiger partial charge is 0.307 e. The van der Waals surface area contributed by atoms with Crippen LogP contribution in [0.3, 0.4) is 0 Å². The van der Waals surface area contributed by atoms with Crippen molar-refractivity contribution in [3.05, 3.63) is 35.9 Å². The van der Waals surface area contributed by atoms with Crippen molar-refractivity contribution >= 4 is 38.6 Å². The molecule has 118 valence electrons. The number of fused-ring (bicyclic) bond motifs is 3. The fraction of sp³-hybridized carbons (Fsp3) is 0.353. The molecule has 6 heteroatoms. The highest BCUT2D eigenvalue weighted by Crippen LogP contribution is 2.48. The van der Waals surface area contributed by atoms with E-state index in [0.29, 0.717) is 5.13 Å². The number of allylic oxidation sites excluding steroid dienone is 2. The largest absolute Gasteiger partial charge is 0.481 e. The van der Waals surface area contributed by atoms with Crippen LogP contribution < -0.4 is 5.32 Å². The van der Waals surface area contributed by atoms with E-state index in [-0.39, 0.29) is 17.7 Å². The molecule has 0 radical (unpaired) electrons. The minimum Gasteiger partial charge on any atom is -0.481 e. The molecule has 1 amide bonds. The van der Waals surface area contributed by atoms with Gasteiger partial charge in [0.05, 0.1) is 22.1 Å². The van der Waals surface area contributed by atoms with Gasteiger partial charge < -0.3 is 10.4 Å². The summed E-state index contributed by atoms with van der Waals surface area (Å²) >= 11 is 1.42. The highest BCUT2D eigenvalue weighted by atomic mass is 32.1. The third-order valence-corrected chi connectivity index (χ3v) is 5.75. The lowest BCUT2D eigenvalue weighted by atomic mass is 9.82. The molecule has 2 bridgehead atoms. The number of benzene rings is 1. The van der Waals surface area contributed by atoms with Crippen molar-refractivity contribution < 1.29 is 14.7 Å². The molecule has 1 aromatic carbocycles. The zero-order valence-electron chi connectivity index (χ0n) is 12.5. The number of hydrogen-bond donors (Lipinski definition) is 2. The van der Waals surface area contributed by atoms with Crippen molar-refractivity contribution in [2.45, 2.75) is 13.3 Å². The number of hydrogen-bond acceptors (Lipinski definition) is 4. The van der Waals surface area contributed by atoms with E-state index in [1.54, 1.807) is 0 Å². The number of carboxylic acid groups (broad SMARTS) is 1. The number of nitrogens with zero attached hydrogens (tertiary/aromatic N) is 1. The minimum absolute atomic E-state index is 0.0220. The lowest BCUT2D eigenvalue weighted by Crippen LogP contribution is -2.36. The van der Waals surface area contributed by atoms with Gasteiger partial charge in [0.2, 0.25) is 5.91 Å². The maximum absolute atomic E-state index is 12.6. The van der Waals surface area contributed by atoms with Crippen LogP contribution in [0.2, 0.25) is 0 Å². The first-order valence-corrected chi connectivity index (χ1v) is 8.44. The Balaban J connectivity index is 1.59. The van der Waals surface area contributed by atoms with E-state index in [2.05, 4.69) is 10.3 Å². The van der Waals surface area contributed by atoms with Crippen LogP contribution in [0.15, 0.2) is 30.4 Å². The first-order chi connectivity index (χ1) is 11.0. The first kappa shape index (κ1) is 14.4. The average molecular weight is 328 g/mol. The molecule has 2 aliphatic carbocycles. The predicted molar refractivity (Wildman–Crippen MR) is 88.3 cm³/mol. The van der Waals surface area contributed by atoms with Gasteiger partial charge in [0, 0.05) is 0 Å². The summed E-state index contributed by atoms with van der Waals surface area (Å²) in [5.41, 5.74) is 1.99. The molecule has 4 rings (SSSR count). The predicted octanol–water partition coefficient (Wildman–Crippen LogP) is 3.07. The number of aromatic nitrogens is 1. The van der Waals surface area contributed by atoms with Crippen LogP contribution in [-0.2, 0) is 9.59 Å². The Morgan fingerprint density at radius 2 is 2.00 bits per heavy atom. The molecule has 2 aliphatic rings. The Kier molecular flexibility index (Phi) is 3.23. The van der Waals surface area contributed by atoms with Gasteiger partial charge in [-0.2, -0.15) is 0 Å². The summed E-state index contributed by atoms with van der Waals surface area (Å²) in [6.45, 7) is 2.01. The summed E-state index contributed by atoms with van der Waals surface area (Å²) in [7, 11) is 0. The molecule has 0 spiro atoms. The maximum atomic E-state index is 12.6. The number of nitrogens with one attached hydrogen (secondary N) is 1. The van der Waals surface area contributed by atoms with Crippen LogP contribution >= 0.6 is 11.3 Å². The molecular formula is C17H16N2O3S. The molecule has 1 fully saturated rings.